The summed E-state index contributed by atoms with van der Waals surface area (Å²) in [6.07, 6.45) is 4.73. The molecule has 2 aromatic carbocycles. The standard InChI is InChI=1S/C33H43FN6O/c1-20-17-40(18-21(2)36-20)32(38-29-15-24-14-28(22(29)3)33(24,4)5)37-26-10-11-27-30(16-26)35-19-39(31(27)41)13-12-23-6-8-25(34)9-7-23/h6-11,16,19-22,24,28-29,36H,12-15,17-18H2,1-5H3,(H,37,38)/t20-,21-,22-,24+,28-,29-/m0/s1. The van der Waals surface area contributed by atoms with Crippen LogP contribution in [-0.2, 0) is 13.0 Å². The maximum atomic E-state index is 13.2. The van der Waals surface area contributed by atoms with Crippen LogP contribution in [0.3, 0.4) is 0 Å². The normalized spacial score (nSPS) is 29.3. The Bertz CT molecular complexity index is 1490. The number of aryl methyl sites for hydroxylation is 2. The van der Waals surface area contributed by atoms with Crippen LogP contribution in [0.2, 0.25) is 0 Å². The Balaban J connectivity index is 1.24. The minimum absolute atomic E-state index is 0.0693. The lowest BCUT2D eigenvalue weighted by Crippen LogP contribution is -2.59. The zero-order valence-corrected chi connectivity index (χ0v) is 24.9. The van der Waals surface area contributed by atoms with Gasteiger partial charge in [0.1, 0.15) is 5.82 Å². The van der Waals surface area contributed by atoms with E-state index in [1.165, 1.54) is 18.6 Å². The molecule has 218 valence electrons. The van der Waals surface area contributed by atoms with Gasteiger partial charge in [-0.15, -0.1) is 0 Å². The molecule has 0 amide bonds. The van der Waals surface area contributed by atoms with Crippen LogP contribution in [0.1, 0.15) is 53.0 Å². The molecule has 3 saturated carbocycles. The Morgan fingerprint density at radius 1 is 1.10 bits per heavy atom. The zero-order valence-electron chi connectivity index (χ0n) is 24.9. The highest BCUT2D eigenvalue weighted by Crippen LogP contribution is 2.61. The summed E-state index contributed by atoms with van der Waals surface area (Å²) >= 11 is 0. The Kier molecular flexibility index (Phi) is 7.39. The number of hydrogen-bond acceptors (Lipinski definition) is 4. The molecule has 0 spiro atoms. The first-order valence-electron chi connectivity index (χ1n) is 15.2. The third-order valence-corrected chi connectivity index (χ3v) is 10.1. The number of nitrogens with zero attached hydrogens (tertiary/aromatic N) is 4. The van der Waals surface area contributed by atoms with Crippen molar-refractivity contribution >= 4 is 22.5 Å². The van der Waals surface area contributed by atoms with Crippen molar-refractivity contribution in [2.75, 3.05) is 18.4 Å². The summed E-state index contributed by atoms with van der Waals surface area (Å²) in [5, 5.41) is 7.88. The molecule has 1 saturated heterocycles. The highest BCUT2D eigenvalue weighted by Gasteiger charge is 2.56. The summed E-state index contributed by atoms with van der Waals surface area (Å²) in [5.41, 5.74) is 2.88. The fourth-order valence-electron chi connectivity index (χ4n) is 7.57. The van der Waals surface area contributed by atoms with Crippen LogP contribution in [0, 0.1) is 29.0 Å². The smallest absolute Gasteiger partial charge is 0.261 e. The maximum absolute atomic E-state index is 13.2. The van der Waals surface area contributed by atoms with E-state index in [0.717, 1.165) is 48.6 Å². The predicted molar refractivity (Wildman–Crippen MR) is 164 cm³/mol. The van der Waals surface area contributed by atoms with E-state index in [9.17, 15) is 9.18 Å². The number of aromatic nitrogens is 2. The lowest BCUT2D eigenvalue weighted by atomic mass is 9.45. The van der Waals surface area contributed by atoms with Crippen LogP contribution in [0.25, 0.3) is 10.9 Å². The van der Waals surface area contributed by atoms with Gasteiger partial charge in [0.2, 0.25) is 0 Å². The summed E-state index contributed by atoms with van der Waals surface area (Å²) in [5.74, 6) is 2.69. The molecule has 4 fully saturated rings. The van der Waals surface area contributed by atoms with E-state index in [0.29, 0.717) is 53.3 Å². The van der Waals surface area contributed by atoms with Gasteiger partial charge in [0.25, 0.3) is 5.56 Å². The number of guanidine groups is 1. The van der Waals surface area contributed by atoms with Crippen molar-refractivity contribution in [2.45, 2.75) is 78.6 Å². The van der Waals surface area contributed by atoms with E-state index in [4.69, 9.17) is 4.99 Å². The molecular formula is C33H43FN6O. The molecule has 7 nitrogen and oxygen atoms in total. The van der Waals surface area contributed by atoms with Gasteiger partial charge < -0.3 is 15.5 Å². The number of anilines is 1. The maximum Gasteiger partial charge on any atom is 0.261 e. The van der Waals surface area contributed by atoms with Gasteiger partial charge in [-0.25, -0.2) is 14.4 Å². The summed E-state index contributed by atoms with van der Waals surface area (Å²) < 4.78 is 14.9. The van der Waals surface area contributed by atoms with Crippen molar-refractivity contribution in [1.29, 1.82) is 0 Å². The second-order valence-electron chi connectivity index (χ2n) is 13.3. The van der Waals surface area contributed by atoms with E-state index in [-0.39, 0.29) is 11.4 Å². The molecule has 7 rings (SSSR count). The van der Waals surface area contributed by atoms with Gasteiger partial charge in [0.05, 0.1) is 23.3 Å². The van der Waals surface area contributed by atoms with Crippen molar-refractivity contribution in [3.05, 3.63) is 70.5 Å². The molecule has 6 atom stereocenters. The molecule has 2 bridgehead atoms. The lowest BCUT2D eigenvalue weighted by molar-refractivity contribution is -0.108. The molecule has 4 aliphatic rings. The highest BCUT2D eigenvalue weighted by atomic mass is 19.1. The van der Waals surface area contributed by atoms with E-state index >= 15 is 0 Å². The molecule has 3 aromatic rings. The molecule has 2 N–H and O–H groups in total. The summed E-state index contributed by atoms with van der Waals surface area (Å²) in [6, 6.07) is 13.2. The van der Waals surface area contributed by atoms with Crippen molar-refractivity contribution < 1.29 is 4.39 Å². The van der Waals surface area contributed by atoms with E-state index < -0.39 is 0 Å². The molecule has 1 aromatic heterocycles. The highest BCUT2D eigenvalue weighted by molar-refractivity contribution is 5.96. The molecule has 8 heteroatoms. The van der Waals surface area contributed by atoms with E-state index in [1.54, 1.807) is 23.0 Å². The van der Waals surface area contributed by atoms with Crippen LogP contribution >= 0.6 is 0 Å². The monoisotopic (exact) mass is 558 g/mol. The summed E-state index contributed by atoms with van der Waals surface area (Å²) in [7, 11) is 0. The second kappa shape index (κ2) is 10.9. The fourth-order valence-corrected chi connectivity index (χ4v) is 7.57. The van der Waals surface area contributed by atoms with Crippen molar-refractivity contribution in [3.8, 4) is 0 Å². The first-order valence-corrected chi connectivity index (χ1v) is 15.2. The van der Waals surface area contributed by atoms with Gasteiger partial charge in [0.15, 0.2) is 5.96 Å². The third kappa shape index (κ3) is 5.51. The number of halogens is 1. The number of nitrogens with one attached hydrogen (secondary N) is 2. The zero-order chi connectivity index (χ0) is 28.9. The lowest BCUT2D eigenvalue weighted by Gasteiger charge is -2.61. The minimum Gasteiger partial charge on any atom is -0.340 e. The second-order valence-corrected chi connectivity index (χ2v) is 13.3. The van der Waals surface area contributed by atoms with E-state index in [2.05, 4.69) is 55.1 Å². The van der Waals surface area contributed by atoms with Gasteiger partial charge in [-0.05, 0) is 92.2 Å². The average molecular weight is 559 g/mol. The number of benzene rings is 2. The summed E-state index contributed by atoms with van der Waals surface area (Å²) in [4.78, 5) is 25.7. The largest absolute Gasteiger partial charge is 0.340 e. The van der Waals surface area contributed by atoms with Gasteiger partial charge in [-0.1, -0.05) is 32.9 Å². The number of rotatable bonds is 5. The molecular weight excluding hydrogens is 515 g/mol. The average Bonchev–Trinajstić information content (AvgIpc) is 2.93. The van der Waals surface area contributed by atoms with Crippen LogP contribution in [0.4, 0.5) is 10.1 Å². The van der Waals surface area contributed by atoms with Gasteiger partial charge in [-0.3, -0.25) is 9.36 Å². The topological polar surface area (TPSA) is 74.5 Å². The van der Waals surface area contributed by atoms with Crippen molar-refractivity contribution in [1.82, 2.24) is 19.8 Å². The van der Waals surface area contributed by atoms with Crippen LogP contribution in [-0.4, -0.2) is 51.6 Å². The van der Waals surface area contributed by atoms with Crippen LogP contribution in [0.5, 0.6) is 0 Å². The van der Waals surface area contributed by atoms with Crippen LogP contribution < -0.4 is 16.2 Å². The van der Waals surface area contributed by atoms with Gasteiger partial charge in [0, 0.05) is 37.4 Å². The number of piperazine rings is 1. The Hall–Kier alpha value is -3.26. The van der Waals surface area contributed by atoms with Gasteiger partial charge in [-0.2, -0.15) is 0 Å². The summed E-state index contributed by atoms with van der Waals surface area (Å²) in [6.45, 7) is 14.0. The molecule has 41 heavy (non-hydrogen) atoms. The van der Waals surface area contributed by atoms with Crippen LogP contribution in [0.15, 0.2) is 58.6 Å². The fraction of sp³-hybridized carbons (Fsp3) is 0.545. The van der Waals surface area contributed by atoms with E-state index in [1.807, 2.05) is 18.2 Å². The SMILES string of the molecule is C[C@@H]1[C@@H](N=C(Nc2ccc3c(=O)n(CCc4ccc(F)cc4)cnc3c2)N2C[C@H](C)N[C@@H](C)C2)C[C@H]2C[C@@H]1C2(C)C. The van der Waals surface area contributed by atoms with Crippen molar-refractivity contribution in [2.24, 2.45) is 28.2 Å². The quantitative estimate of drug-likeness (QED) is 0.329. The Morgan fingerprint density at radius 3 is 2.51 bits per heavy atom. The molecule has 0 unspecified atom stereocenters. The predicted octanol–water partition coefficient (Wildman–Crippen LogP) is 5.30. The number of fused-ring (bicyclic) bond motifs is 3. The number of aliphatic imine (C=N–C) groups is 1. The van der Waals surface area contributed by atoms with Crippen molar-refractivity contribution in [3.63, 3.8) is 0 Å². The third-order valence-electron chi connectivity index (χ3n) is 10.1. The first-order chi connectivity index (χ1) is 19.6. The molecule has 2 heterocycles. The molecule has 3 aliphatic carbocycles. The Labute approximate surface area is 242 Å². The minimum atomic E-state index is -0.259. The first kappa shape index (κ1) is 27.9. The molecule has 1 aliphatic heterocycles. The van der Waals surface area contributed by atoms with Gasteiger partial charge >= 0.3 is 0 Å². The Morgan fingerprint density at radius 2 is 1.83 bits per heavy atom. The number of hydrogen-bond donors (Lipinski definition) is 2. The molecule has 0 radical (unpaired) electrons.